The van der Waals surface area contributed by atoms with Crippen LogP contribution in [0.2, 0.25) is 0 Å². The van der Waals surface area contributed by atoms with Gasteiger partial charge >= 0.3 is 0 Å². The van der Waals surface area contributed by atoms with Gasteiger partial charge in [-0.05, 0) is 29.8 Å². The average molecular weight is 240 g/mol. The second kappa shape index (κ2) is 4.14. The zero-order valence-corrected chi connectivity index (χ0v) is 10.6. The van der Waals surface area contributed by atoms with Gasteiger partial charge in [-0.1, -0.05) is 36.4 Å². The molecule has 2 heteroatoms. The Balaban J connectivity index is 2.11. The van der Waals surface area contributed by atoms with Crippen LogP contribution in [0.3, 0.4) is 0 Å². The first-order valence-corrected chi connectivity index (χ1v) is 6.19. The SMILES string of the molecule is C/C=C\C1(C)OCc2c(ccc3ccccc23)O1. The lowest BCUT2D eigenvalue weighted by atomic mass is 10.0. The van der Waals surface area contributed by atoms with Crippen molar-refractivity contribution >= 4 is 10.8 Å². The molecular weight excluding hydrogens is 224 g/mol. The zero-order valence-electron chi connectivity index (χ0n) is 10.6. The molecule has 0 spiro atoms. The van der Waals surface area contributed by atoms with Crippen molar-refractivity contribution in [1.29, 1.82) is 0 Å². The molecule has 0 aliphatic carbocycles. The summed E-state index contributed by atoms with van der Waals surface area (Å²) in [5.74, 6) is 0.269. The Labute approximate surface area is 107 Å². The molecule has 92 valence electrons. The predicted molar refractivity (Wildman–Crippen MR) is 72.6 cm³/mol. The summed E-state index contributed by atoms with van der Waals surface area (Å²) < 4.78 is 11.8. The van der Waals surface area contributed by atoms with Crippen LogP contribution in [-0.4, -0.2) is 5.79 Å². The molecule has 0 N–H and O–H groups in total. The Morgan fingerprint density at radius 3 is 2.83 bits per heavy atom. The van der Waals surface area contributed by atoms with E-state index in [1.165, 1.54) is 10.8 Å². The van der Waals surface area contributed by atoms with Crippen molar-refractivity contribution in [2.45, 2.75) is 26.2 Å². The molecule has 1 heterocycles. The van der Waals surface area contributed by atoms with Crippen molar-refractivity contribution in [3.63, 3.8) is 0 Å². The first kappa shape index (κ1) is 11.3. The summed E-state index contributed by atoms with van der Waals surface area (Å²) in [5, 5.41) is 2.43. The largest absolute Gasteiger partial charge is 0.459 e. The van der Waals surface area contributed by atoms with Crippen molar-refractivity contribution in [3.05, 3.63) is 54.1 Å². The van der Waals surface area contributed by atoms with Gasteiger partial charge in [0.2, 0.25) is 5.79 Å². The third-order valence-electron chi connectivity index (χ3n) is 3.28. The molecule has 0 saturated heterocycles. The summed E-state index contributed by atoms with van der Waals surface area (Å²) in [4.78, 5) is 0. The first-order chi connectivity index (χ1) is 8.72. The number of rotatable bonds is 1. The molecule has 3 rings (SSSR count). The number of hydrogen-bond donors (Lipinski definition) is 0. The Bertz CT molecular complexity index is 616. The maximum Gasteiger partial charge on any atom is 0.227 e. The molecule has 0 saturated carbocycles. The summed E-state index contributed by atoms with van der Waals surface area (Å²) in [7, 11) is 0. The van der Waals surface area contributed by atoms with E-state index in [1.807, 2.05) is 44.2 Å². The van der Waals surface area contributed by atoms with E-state index in [2.05, 4.69) is 18.2 Å². The second-order valence-corrected chi connectivity index (χ2v) is 4.67. The molecule has 1 aliphatic heterocycles. The van der Waals surface area contributed by atoms with Gasteiger partial charge in [0.1, 0.15) is 5.75 Å². The normalized spacial score (nSPS) is 23.0. The van der Waals surface area contributed by atoms with Crippen LogP contribution in [0.5, 0.6) is 5.75 Å². The Morgan fingerprint density at radius 2 is 2.00 bits per heavy atom. The predicted octanol–water partition coefficient (Wildman–Crippen LogP) is 4.04. The Kier molecular flexibility index (Phi) is 2.60. The quantitative estimate of drug-likeness (QED) is 0.700. The van der Waals surface area contributed by atoms with E-state index < -0.39 is 5.79 Å². The average Bonchev–Trinajstić information content (AvgIpc) is 2.38. The van der Waals surface area contributed by atoms with Gasteiger partial charge in [0, 0.05) is 12.5 Å². The number of fused-ring (bicyclic) bond motifs is 3. The molecule has 1 unspecified atom stereocenters. The van der Waals surface area contributed by atoms with Crippen LogP contribution < -0.4 is 4.74 Å². The molecule has 0 amide bonds. The molecule has 2 nitrogen and oxygen atoms in total. The van der Waals surface area contributed by atoms with Gasteiger partial charge in [0.05, 0.1) is 6.61 Å². The molecule has 0 bridgehead atoms. The van der Waals surface area contributed by atoms with Gasteiger partial charge in [-0.25, -0.2) is 0 Å². The molecule has 0 radical (unpaired) electrons. The van der Waals surface area contributed by atoms with E-state index in [-0.39, 0.29) is 0 Å². The van der Waals surface area contributed by atoms with Crippen molar-refractivity contribution in [1.82, 2.24) is 0 Å². The van der Waals surface area contributed by atoms with E-state index in [0.717, 1.165) is 11.3 Å². The van der Waals surface area contributed by atoms with Gasteiger partial charge < -0.3 is 9.47 Å². The van der Waals surface area contributed by atoms with Crippen molar-refractivity contribution in [3.8, 4) is 5.75 Å². The van der Waals surface area contributed by atoms with Crippen LogP contribution in [0.15, 0.2) is 48.6 Å². The molecule has 2 aromatic carbocycles. The Morgan fingerprint density at radius 1 is 1.17 bits per heavy atom. The zero-order chi connectivity index (χ0) is 12.6. The van der Waals surface area contributed by atoms with Crippen molar-refractivity contribution in [2.24, 2.45) is 0 Å². The van der Waals surface area contributed by atoms with Gasteiger partial charge in [-0.3, -0.25) is 0 Å². The lowest BCUT2D eigenvalue weighted by molar-refractivity contribution is -0.157. The summed E-state index contributed by atoms with van der Waals surface area (Å²) >= 11 is 0. The summed E-state index contributed by atoms with van der Waals surface area (Å²) in [6.07, 6.45) is 3.89. The van der Waals surface area contributed by atoms with E-state index in [4.69, 9.17) is 9.47 Å². The fourth-order valence-corrected chi connectivity index (χ4v) is 2.41. The molecule has 0 fully saturated rings. The van der Waals surface area contributed by atoms with Gasteiger partial charge in [0.15, 0.2) is 0 Å². The van der Waals surface area contributed by atoms with E-state index in [9.17, 15) is 0 Å². The molecule has 1 aliphatic rings. The summed E-state index contributed by atoms with van der Waals surface area (Å²) in [6, 6.07) is 12.4. The highest BCUT2D eigenvalue weighted by Gasteiger charge is 2.30. The number of ether oxygens (including phenoxy) is 2. The fraction of sp³-hybridized carbons (Fsp3) is 0.250. The van der Waals surface area contributed by atoms with Crippen molar-refractivity contribution < 1.29 is 9.47 Å². The smallest absolute Gasteiger partial charge is 0.227 e. The third-order valence-corrected chi connectivity index (χ3v) is 3.28. The molecule has 1 atom stereocenters. The highest BCUT2D eigenvalue weighted by molar-refractivity contribution is 5.87. The lowest BCUT2D eigenvalue weighted by Crippen LogP contribution is -2.36. The third kappa shape index (κ3) is 1.79. The number of benzene rings is 2. The van der Waals surface area contributed by atoms with Crippen LogP contribution in [-0.2, 0) is 11.3 Å². The second-order valence-electron chi connectivity index (χ2n) is 4.67. The van der Waals surface area contributed by atoms with Crippen LogP contribution in [0.25, 0.3) is 10.8 Å². The minimum atomic E-state index is -0.649. The van der Waals surface area contributed by atoms with Crippen LogP contribution in [0.4, 0.5) is 0 Å². The Hall–Kier alpha value is -1.80. The number of allylic oxidation sites excluding steroid dienone is 1. The highest BCUT2D eigenvalue weighted by atomic mass is 16.7. The molecular formula is C16H16O2. The van der Waals surface area contributed by atoms with Gasteiger partial charge in [-0.15, -0.1) is 0 Å². The van der Waals surface area contributed by atoms with Gasteiger partial charge in [-0.2, -0.15) is 0 Å². The maximum atomic E-state index is 5.96. The van der Waals surface area contributed by atoms with Crippen LogP contribution in [0.1, 0.15) is 19.4 Å². The lowest BCUT2D eigenvalue weighted by Gasteiger charge is -2.33. The van der Waals surface area contributed by atoms with E-state index in [1.54, 1.807) is 0 Å². The molecule has 2 aromatic rings. The van der Waals surface area contributed by atoms with E-state index in [0.29, 0.717) is 6.61 Å². The molecule has 0 aromatic heterocycles. The summed E-state index contributed by atoms with van der Waals surface area (Å²) in [6.45, 7) is 4.48. The maximum absolute atomic E-state index is 5.96. The first-order valence-electron chi connectivity index (χ1n) is 6.19. The van der Waals surface area contributed by atoms with Gasteiger partial charge in [0.25, 0.3) is 0 Å². The monoisotopic (exact) mass is 240 g/mol. The summed E-state index contributed by atoms with van der Waals surface area (Å²) in [5.41, 5.74) is 1.13. The van der Waals surface area contributed by atoms with Crippen LogP contribution >= 0.6 is 0 Å². The minimum Gasteiger partial charge on any atom is -0.459 e. The fourth-order valence-electron chi connectivity index (χ4n) is 2.41. The standard InChI is InChI=1S/C16H16O2/c1-3-10-16(2)17-11-14-13-7-5-4-6-12(13)8-9-15(14)18-16/h3-10H,11H2,1-2H3/b10-3-. The highest BCUT2D eigenvalue weighted by Crippen LogP contribution is 2.36. The van der Waals surface area contributed by atoms with Crippen LogP contribution in [0, 0.1) is 0 Å². The van der Waals surface area contributed by atoms with E-state index >= 15 is 0 Å². The number of hydrogen-bond acceptors (Lipinski definition) is 2. The molecule has 18 heavy (non-hydrogen) atoms. The topological polar surface area (TPSA) is 18.5 Å². The minimum absolute atomic E-state index is 0.581. The van der Waals surface area contributed by atoms with Crippen molar-refractivity contribution in [2.75, 3.05) is 0 Å².